The normalized spacial score (nSPS) is 13.6. The van der Waals surface area contributed by atoms with Crippen molar-refractivity contribution in [3.8, 4) is 0 Å². The number of rotatable bonds is 4. The SMILES string of the molecule is CC(=O)/C(=C\[Si](C)(C)c1ccccc1)[Si](C)(C)C. The third kappa shape index (κ3) is 3.78. The number of ketones is 1. The monoisotopic (exact) mass is 276 g/mol. The Kier molecular flexibility index (Phi) is 4.51. The minimum atomic E-state index is -1.66. The molecule has 1 aromatic carbocycles. The molecule has 0 radical (unpaired) electrons. The smallest absolute Gasteiger partial charge is 0.151 e. The molecule has 1 aromatic rings. The molecule has 1 rings (SSSR count). The number of carbonyl (C=O) groups excluding carboxylic acids is 1. The molecule has 0 aliphatic heterocycles. The number of benzene rings is 1. The van der Waals surface area contributed by atoms with E-state index in [1.54, 1.807) is 6.92 Å². The fourth-order valence-corrected chi connectivity index (χ4v) is 8.17. The highest BCUT2D eigenvalue weighted by Gasteiger charge is 2.28. The van der Waals surface area contributed by atoms with Crippen molar-refractivity contribution in [3.05, 3.63) is 41.2 Å². The zero-order valence-electron chi connectivity index (χ0n) is 12.4. The summed E-state index contributed by atoms with van der Waals surface area (Å²) in [7, 11) is -3.21. The molecule has 0 atom stereocenters. The summed E-state index contributed by atoms with van der Waals surface area (Å²) in [5, 5.41) is 2.49. The largest absolute Gasteiger partial charge is 0.295 e. The number of carbonyl (C=O) groups is 1. The lowest BCUT2D eigenvalue weighted by molar-refractivity contribution is -0.113. The van der Waals surface area contributed by atoms with Gasteiger partial charge in [-0.3, -0.25) is 4.79 Å². The van der Waals surface area contributed by atoms with Crippen LogP contribution in [0.4, 0.5) is 0 Å². The molecule has 0 spiro atoms. The zero-order chi connectivity index (χ0) is 14.0. The lowest BCUT2D eigenvalue weighted by Crippen LogP contribution is -2.42. The Bertz CT molecular complexity index is 453. The zero-order valence-corrected chi connectivity index (χ0v) is 14.4. The van der Waals surface area contributed by atoms with E-state index in [-0.39, 0.29) is 5.78 Å². The summed E-state index contributed by atoms with van der Waals surface area (Å²) < 4.78 is 0. The van der Waals surface area contributed by atoms with E-state index in [1.807, 2.05) is 6.07 Å². The Labute approximate surface area is 113 Å². The maximum absolute atomic E-state index is 11.9. The number of hydrogen-bond acceptors (Lipinski definition) is 1. The lowest BCUT2D eigenvalue weighted by Gasteiger charge is -2.25. The van der Waals surface area contributed by atoms with Gasteiger partial charge in [0.15, 0.2) is 5.78 Å². The first-order valence-corrected chi connectivity index (χ1v) is 13.0. The predicted molar refractivity (Wildman–Crippen MR) is 85.7 cm³/mol. The van der Waals surface area contributed by atoms with Crippen LogP contribution in [0.2, 0.25) is 32.7 Å². The number of Topliss-reactive ketones (excluding diaryl/α,β-unsaturated/α-hetero) is 1. The first-order valence-electron chi connectivity index (χ1n) is 6.44. The van der Waals surface area contributed by atoms with E-state index in [4.69, 9.17) is 0 Å². The van der Waals surface area contributed by atoms with Crippen LogP contribution in [0.1, 0.15) is 6.92 Å². The summed E-state index contributed by atoms with van der Waals surface area (Å²) >= 11 is 0. The van der Waals surface area contributed by atoms with Crippen LogP contribution in [-0.2, 0) is 4.79 Å². The van der Waals surface area contributed by atoms with E-state index in [0.717, 1.165) is 5.20 Å². The second kappa shape index (κ2) is 5.37. The van der Waals surface area contributed by atoms with E-state index >= 15 is 0 Å². The van der Waals surface area contributed by atoms with E-state index in [0.29, 0.717) is 0 Å². The molecule has 1 nitrogen and oxygen atoms in total. The van der Waals surface area contributed by atoms with Gasteiger partial charge in [0.1, 0.15) is 8.07 Å². The van der Waals surface area contributed by atoms with Gasteiger partial charge in [0.05, 0.1) is 8.07 Å². The van der Waals surface area contributed by atoms with E-state index in [2.05, 4.69) is 62.7 Å². The molecule has 3 heteroatoms. The topological polar surface area (TPSA) is 17.1 Å². The van der Waals surface area contributed by atoms with Crippen molar-refractivity contribution in [3.63, 3.8) is 0 Å². The van der Waals surface area contributed by atoms with E-state index in [1.165, 1.54) is 5.19 Å². The second-order valence-electron chi connectivity index (χ2n) is 6.45. The molecule has 0 amide bonds. The lowest BCUT2D eigenvalue weighted by atomic mass is 10.4. The molecule has 0 heterocycles. The molecular formula is C15H24OSi2. The maximum atomic E-state index is 11.9. The number of hydrogen-bond donors (Lipinski definition) is 0. The average molecular weight is 277 g/mol. The Morgan fingerprint density at radius 2 is 1.50 bits per heavy atom. The van der Waals surface area contributed by atoms with Crippen LogP contribution in [0.5, 0.6) is 0 Å². The third-order valence-corrected chi connectivity index (χ3v) is 8.44. The van der Waals surface area contributed by atoms with Gasteiger partial charge in [-0.15, -0.1) is 0 Å². The van der Waals surface area contributed by atoms with Crippen LogP contribution in [0.25, 0.3) is 0 Å². The molecule has 0 aromatic heterocycles. The summed E-state index contributed by atoms with van der Waals surface area (Å²) in [6.45, 7) is 13.1. The molecule has 0 aliphatic carbocycles. The van der Waals surface area contributed by atoms with Crippen molar-refractivity contribution >= 4 is 27.1 Å². The van der Waals surface area contributed by atoms with Gasteiger partial charge in [0.25, 0.3) is 0 Å². The summed E-state index contributed by atoms with van der Waals surface area (Å²) in [6, 6.07) is 10.6. The first kappa shape index (κ1) is 15.1. The fraction of sp³-hybridized carbons (Fsp3) is 0.400. The molecule has 0 N–H and O–H groups in total. The Hall–Kier alpha value is -0.936. The van der Waals surface area contributed by atoms with Crippen LogP contribution >= 0.6 is 0 Å². The summed E-state index contributed by atoms with van der Waals surface area (Å²) in [6.07, 6.45) is 0. The summed E-state index contributed by atoms with van der Waals surface area (Å²) in [5.41, 5.74) is 2.32. The maximum Gasteiger partial charge on any atom is 0.151 e. The highest BCUT2D eigenvalue weighted by molar-refractivity contribution is 6.97. The van der Waals surface area contributed by atoms with Crippen LogP contribution in [0.15, 0.2) is 41.2 Å². The fourth-order valence-electron chi connectivity index (χ4n) is 2.16. The third-order valence-electron chi connectivity index (χ3n) is 3.21. The Balaban J connectivity index is 3.24. The predicted octanol–water partition coefficient (Wildman–Crippen LogP) is 3.53. The summed E-state index contributed by atoms with van der Waals surface area (Å²) in [4.78, 5) is 11.9. The van der Waals surface area contributed by atoms with Gasteiger partial charge in [0.2, 0.25) is 0 Å². The average Bonchev–Trinajstić information content (AvgIpc) is 2.25. The Morgan fingerprint density at radius 1 is 1.00 bits per heavy atom. The van der Waals surface area contributed by atoms with Gasteiger partial charge in [0, 0.05) is 0 Å². The highest BCUT2D eigenvalue weighted by Crippen LogP contribution is 2.19. The van der Waals surface area contributed by atoms with E-state index < -0.39 is 16.1 Å². The van der Waals surface area contributed by atoms with Crippen LogP contribution in [-0.4, -0.2) is 21.9 Å². The van der Waals surface area contributed by atoms with E-state index in [9.17, 15) is 4.79 Å². The van der Waals surface area contributed by atoms with Crippen molar-refractivity contribution < 1.29 is 4.79 Å². The van der Waals surface area contributed by atoms with Gasteiger partial charge in [-0.25, -0.2) is 0 Å². The van der Waals surface area contributed by atoms with Gasteiger partial charge in [-0.05, 0) is 12.1 Å². The van der Waals surface area contributed by atoms with Gasteiger partial charge >= 0.3 is 0 Å². The second-order valence-corrected chi connectivity index (χ2v) is 15.8. The molecule has 0 bridgehead atoms. The number of allylic oxidation sites excluding steroid dienone is 1. The molecule has 0 aliphatic rings. The van der Waals surface area contributed by atoms with Gasteiger partial charge < -0.3 is 0 Å². The molecule has 0 saturated heterocycles. The molecule has 0 unspecified atom stereocenters. The molecule has 0 saturated carbocycles. The Morgan fingerprint density at radius 3 is 1.89 bits per heavy atom. The molecule has 18 heavy (non-hydrogen) atoms. The summed E-state index contributed by atoms with van der Waals surface area (Å²) in [5.74, 6) is 0.255. The van der Waals surface area contributed by atoms with Gasteiger partial charge in [-0.2, -0.15) is 0 Å². The minimum Gasteiger partial charge on any atom is -0.295 e. The van der Waals surface area contributed by atoms with Crippen molar-refractivity contribution in [1.29, 1.82) is 0 Å². The quantitative estimate of drug-likeness (QED) is 0.607. The van der Waals surface area contributed by atoms with Crippen molar-refractivity contribution in [1.82, 2.24) is 0 Å². The molecular weight excluding hydrogens is 252 g/mol. The highest BCUT2D eigenvalue weighted by atomic mass is 28.3. The van der Waals surface area contributed by atoms with Crippen LogP contribution in [0.3, 0.4) is 0 Å². The van der Waals surface area contributed by atoms with Crippen LogP contribution in [0, 0.1) is 0 Å². The van der Waals surface area contributed by atoms with Crippen molar-refractivity contribution in [2.75, 3.05) is 0 Å². The standard InChI is InChI=1S/C15H24OSi2/c1-13(16)15(17(2,3)4)12-18(5,6)14-10-8-7-9-11-14/h7-12H,1-6H3/b15-12+. The van der Waals surface area contributed by atoms with Gasteiger partial charge in [-0.1, -0.05) is 74.0 Å². The first-order chi connectivity index (χ1) is 8.14. The minimum absolute atomic E-state index is 0.255. The van der Waals surface area contributed by atoms with Crippen molar-refractivity contribution in [2.24, 2.45) is 0 Å². The van der Waals surface area contributed by atoms with Crippen LogP contribution < -0.4 is 5.19 Å². The molecule has 0 fully saturated rings. The molecule has 98 valence electrons. The van der Waals surface area contributed by atoms with Crippen molar-refractivity contribution in [2.45, 2.75) is 39.7 Å².